The number of hydrogen-bond acceptors (Lipinski definition) is 6. The molecule has 0 aliphatic carbocycles. The lowest BCUT2D eigenvalue weighted by molar-refractivity contribution is -0.134. The van der Waals surface area contributed by atoms with Gasteiger partial charge < -0.3 is 19.0 Å². The van der Waals surface area contributed by atoms with E-state index in [2.05, 4.69) is 4.98 Å². The van der Waals surface area contributed by atoms with Gasteiger partial charge >= 0.3 is 0 Å². The molecule has 31 heavy (non-hydrogen) atoms. The molecule has 0 aromatic carbocycles. The van der Waals surface area contributed by atoms with Gasteiger partial charge in [-0.05, 0) is 25.7 Å². The van der Waals surface area contributed by atoms with Gasteiger partial charge in [0.15, 0.2) is 6.39 Å². The van der Waals surface area contributed by atoms with E-state index in [-0.39, 0.29) is 11.8 Å². The second-order valence-corrected chi connectivity index (χ2v) is 8.29. The zero-order chi connectivity index (χ0) is 21.8. The molecule has 2 aliphatic rings. The molecule has 168 valence electrons. The summed E-state index contributed by atoms with van der Waals surface area (Å²) in [4.78, 5) is 32.7. The Balaban J connectivity index is 1.44. The maximum Gasteiger partial charge on any atom is 0.223 e. The highest BCUT2D eigenvalue weighted by molar-refractivity contribution is 5.77. The average molecular weight is 430 g/mol. The summed E-state index contributed by atoms with van der Waals surface area (Å²) in [7, 11) is 0. The Kier molecular flexibility index (Phi) is 6.70. The molecule has 0 N–H and O–H groups in total. The van der Waals surface area contributed by atoms with Crippen molar-refractivity contribution in [2.24, 2.45) is 5.92 Å². The smallest absolute Gasteiger partial charge is 0.223 e. The predicted molar refractivity (Wildman–Crippen MR) is 113 cm³/mol. The summed E-state index contributed by atoms with van der Waals surface area (Å²) in [5.41, 5.74) is 3.68. The quantitative estimate of drug-likeness (QED) is 0.626. The number of carbonyl (C=O) groups is 2. The standard InChI is InChI=1S/C22H31N5O4/c1-3-30-11-10-27-20-6-9-26(13-18(20)22(24-27)19-14-31-15-23-19)21(29)12-17-4-7-25(8-5-17)16(2)28/h14-15,17H,3-13H2,1-2H3. The van der Waals surface area contributed by atoms with Crippen LogP contribution in [0.15, 0.2) is 17.1 Å². The molecule has 9 nitrogen and oxygen atoms in total. The third-order valence-corrected chi connectivity index (χ3v) is 6.34. The number of aromatic nitrogens is 3. The van der Waals surface area contributed by atoms with Crippen LogP contribution < -0.4 is 0 Å². The zero-order valence-electron chi connectivity index (χ0n) is 18.4. The van der Waals surface area contributed by atoms with Gasteiger partial charge in [-0.15, -0.1) is 0 Å². The fourth-order valence-electron chi connectivity index (χ4n) is 4.55. The fraction of sp³-hybridized carbons (Fsp3) is 0.636. The molecule has 4 heterocycles. The van der Waals surface area contributed by atoms with Crippen molar-refractivity contribution in [1.29, 1.82) is 0 Å². The minimum Gasteiger partial charge on any atom is -0.451 e. The number of rotatable bonds is 7. The number of oxazole rings is 1. The van der Waals surface area contributed by atoms with E-state index in [1.807, 2.05) is 21.4 Å². The van der Waals surface area contributed by atoms with Gasteiger partial charge in [0.1, 0.15) is 17.7 Å². The Morgan fingerprint density at radius 3 is 2.71 bits per heavy atom. The van der Waals surface area contributed by atoms with Gasteiger partial charge in [0.2, 0.25) is 11.8 Å². The first-order chi connectivity index (χ1) is 15.1. The lowest BCUT2D eigenvalue weighted by Gasteiger charge is -2.33. The minimum atomic E-state index is 0.120. The average Bonchev–Trinajstić information content (AvgIpc) is 3.42. The predicted octanol–water partition coefficient (Wildman–Crippen LogP) is 2.11. The largest absolute Gasteiger partial charge is 0.451 e. The van der Waals surface area contributed by atoms with Gasteiger partial charge in [0.25, 0.3) is 0 Å². The van der Waals surface area contributed by atoms with Crippen LogP contribution in [0.5, 0.6) is 0 Å². The van der Waals surface area contributed by atoms with E-state index in [0.717, 1.165) is 49.3 Å². The van der Waals surface area contributed by atoms with Gasteiger partial charge in [-0.2, -0.15) is 5.10 Å². The number of amides is 2. The summed E-state index contributed by atoms with van der Waals surface area (Å²) in [6.07, 6.45) is 6.09. The number of nitrogens with zero attached hydrogens (tertiary/aromatic N) is 5. The zero-order valence-corrected chi connectivity index (χ0v) is 18.4. The summed E-state index contributed by atoms with van der Waals surface area (Å²) in [6, 6.07) is 0. The molecule has 1 fully saturated rings. The highest BCUT2D eigenvalue weighted by Gasteiger charge is 2.30. The topological polar surface area (TPSA) is 93.7 Å². The Labute approximate surface area is 182 Å². The van der Waals surface area contributed by atoms with Crippen molar-refractivity contribution in [3.8, 4) is 11.4 Å². The van der Waals surface area contributed by atoms with Gasteiger partial charge in [-0.1, -0.05) is 0 Å². The molecule has 0 bridgehead atoms. The number of carbonyl (C=O) groups excluding carboxylic acids is 2. The molecular formula is C22H31N5O4. The van der Waals surface area contributed by atoms with Crippen molar-refractivity contribution in [3.63, 3.8) is 0 Å². The van der Waals surface area contributed by atoms with Crippen molar-refractivity contribution in [2.45, 2.75) is 52.6 Å². The third kappa shape index (κ3) is 4.81. The molecule has 2 aromatic heterocycles. The molecule has 0 saturated carbocycles. The number of hydrogen-bond donors (Lipinski definition) is 0. The second kappa shape index (κ2) is 9.64. The summed E-state index contributed by atoms with van der Waals surface area (Å²) in [5.74, 6) is 0.642. The van der Waals surface area contributed by atoms with Gasteiger partial charge in [0.05, 0.1) is 13.2 Å². The summed E-state index contributed by atoms with van der Waals surface area (Å²) >= 11 is 0. The lowest BCUT2D eigenvalue weighted by atomic mass is 9.92. The Hall–Kier alpha value is -2.68. The van der Waals surface area contributed by atoms with E-state index >= 15 is 0 Å². The van der Waals surface area contributed by atoms with Crippen molar-refractivity contribution in [1.82, 2.24) is 24.6 Å². The van der Waals surface area contributed by atoms with E-state index in [1.165, 1.54) is 6.39 Å². The SMILES string of the molecule is CCOCCn1nc(-c2cocn2)c2c1CCN(C(=O)CC1CCN(C(C)=O)CC1)C2. The molecule has 0 unspecified atom stereocenters. The van der Waals surface area contributed by atoms with E-state index in [9.17, 15) is 9.59 Å². The van der Waals surface area contributed by atoms with E-state index < -0.39 is 0 Å². The monoisotopic (exact) mass is 429 g/mol. The first-order valence-electron chi connectivity index (χ1n) is 11.1. The summed E-state index contributed by atoms with van der Waals surface area (Å²) < 4.78 is 12.7. The Bertz CT molecular complexity index is 899. The van der Waals surface area contributed by atoms with Crippen LogP contribution in [0.2, 0.25) is 0 Å². The highest BCUT2D eigenvalue weighted by Crippen LogP contribution is 2.30. The van der Waals surface area contributed by atoms with Gasteiger partial charge in [-0.3, -0.25) is 14.3 Å². The highest BCUT2D eigenvalue weighted by atomic mass is 16.5. The lowest BCUT2D eigenvalue weighted by Crippen LogP contribution is -2.40. The fourth-order valence-corrected chi connectivity index (χ4v) is 4.55. The van der Waals surface area contributed by atoms with Gasteiger partial charge in [-0.25, -0.2) is 4.98 Å². The van der Waals surface area contributed by atoms with Crippen LogP contribution >= 0.6 is 0 Å². The number of piperidine rings is 1. The minimum absolute atomic E-state index is 0.120. The molecule has 0 radical (unpaired) electrons. The van der Waals surface area contributed by atoms with Crippen LogP contribution in [-0.4, -0.2) is 69.2 Å². The summed E-state index contributed by atoms with van der Waals surface area (Å²) in [6.45, 7) is 8.27. The second-order valence-electron chi connectivity index (χ2n) is 8.29. The van der Waals surface area contributed by atoms with Gasteiger partial charge in [0, 0.05) is 63.8 Å². The summed E-state index contributed by atoms with van der Waals surface area (Å²) in [5, 5.41) is 4.78. The number of ether oxygens (including phenoxy) is 1. The molecule has 0 spiro atoms. The molecule has 2 aromatic rings. The Morgan fingerprint density at radius 1 is 1.23 bits per heavy atom. The van der Waals surface area contributed by atoms with E-state index in [0.29, 0.717) is 50.9 Å². The van der Waals surface area contributed by atoms with E-state index in [4.69, 9.17) is 14.3 Å². The first kappa shape index (κ1) is 21.5. The molecule has 2 aliphatic heterocycles. The van der Waals surface area contributed by atoms with Crippen molar-refractivity contribution in [2.75, 3.05) is 32.8 Å². The first-order valence-corrected chi connectivity index (χ1v) is 11.1. The van der Waals surface area contributed by atoms with Crippen LogP contribution in [0.3, 0.4) is 0 Å². The molecule has 1 saturated heterocycles. The number of fused-ring (bicyclic) bond motifs is 1. The maximum absolute atomic E-state index is 13.1. The van der Waals surface area contributed by atoms with Crippen molar-refractivity contribution < 1.29 is 18.7 Å². The molecular weight excluding hydrogens is 398 g/mol. The van der Waals surface area contributed by atoms with Crippen LogP contribution in [-0.2, 0) is 33.8 Å². The Morgan fingerprint density at radius 2 is 2.03 bits per heavy atom. The van der Waals surface area contributed by atoms with Crippen LogP contribution in [0, 0.1) is 5.92 Å². The normalized spacial score (nSPS) is 17.1. The van der Waals surface area contributed by atoms with Crippen molar-refractivity contribution >= 4 is 11.8 Å². The van der Waals surface area contributed by atoms with Crippen LogP contribution in [0.4, 0.5) is 0 Å². The third-order valence-electron chi connectivity index (χ3n) is 6.34. The molecule has 2 amide bonds. The molecule has 4 rings (SSSR count). The molecule has 9 heteroatoms. The van der Waals surface area contributed by atoms with Crippen molar-refractivity contribution in [3.05, 3.63) is 23.9 Å². The molecule has 0 atom stereocenters. The van der Waals surface area contributed by atoms with Crippen LogP contribution in [0.1, 0.15) is 44.4 Å². The number of likely N-dealkylation sites (tertiary alicyclic amines) is 1. The maximum atomic E-state index is 13.1. The van der Waals surface area contributed by atoms with E-state index in [1.54, 1.807) is 13.2 Å². The van der Waals surface area contributed by atoms with Crippen LogP contribution in [0.25, 0.3) is 11.4 Å².